The Bertz CT molecular complexity index is 287. The van der Waals surface area contributed by atoms with Gasteiger partial charge in [0, 0.05) is 10.9 Å². The van der Waals surface area contributed by atoms with Crippen molar-refractivity contribution in [1.29, 1.82) is 0 Å². The lowest BCUT2D eigenvalue weighted by Gasteiger charge is -2.16. The Morgan fingerprint density at radius 3 is 2.93 bits per heavy atom. The number of carbonyl (C=O) groups is 1. The van der Waals surface area contributed by atoms with Crippen LogP contribution in [-0.4, -0.2) is 24.2 Å². The molecule has 0 amide bonds. The highest BCUT2D eigenvalue weighted by atomic mass is 32.1. The monoisotopic (exact) mass is 214 g/mol. The van der Waals surface area contributed by atoms with Gasteiger partial charge in [-0.15, -0.1) is 11.3 Å². The van der Waals surface area contributed by atoms with Gasteiger partial charge in [-0.25, -0.2) is 0 Å². The molecule has 4 N–H and O–H groups in total. The molecule has 78 valence electrons. The van der Waals surface area contributed by atoms with Crippen molar-refractivity contribution >= 4 is 17.3 Å². The van der Waals surface area contributed by atoms with Crippen LogP contribution < -0.4 is 11.1 Å². The highest BCUT2D eigenvalue weighted by Crippen LogP contribution is 2.22. The van der Waals surface area contributed by atoms with E-state index in [1.807, 2.05) is 17.5 Å². The predicted molar refractivity (Wildman–Crippen MR) is 56.3 cm³/mol. The number of thiophene rings is 1. The van der Waals surface area contributed by atoms with E-state index in [2.05, 4.69) is 5.32 Å². The Labute approximate surface area is 86.7 Å². The van der Waals surface area contributed by atoms with E-state index in [4.69, 9.17) is 10.8 Å². The molecular weight excluding hydrogens is 200 g/mol. The van der Waals surface area contributed by atoms with Crippen LogP contribution in [0.15, 0.2) is 17.5 Å². The van der Waals surface area contributed by atoms with E-state index >= 15 is 0 Å². The normalized spacial score (nSPS) is 15.0. The molecule has 1 rings (SSSR count). The van der Waals surface area contributed by atoms with Gasteiger partial charge in [0.1, 0.15) is 6.04 Å². The van der Waals surface area contributed by atoms with E-state index in [9.17, 15) is 4.79 Å². The zero-order valence-electron chi connectivity index (χ0n) is 7.93. The summed E-state index contributed by atoms with van der Waals surface area (Å²) >= 11 is 1.60. The number of carboxylic acid groups (broad SMARTS) is 1. The van der Waals surface area contributed by atoms with Gasteiger partial charge in [0.05, 0.1) is 0 Å². The Morgan fingerprint density at radius 1 is 1.79 bits per heavy atom. The fourth-order valence-electron chi connectivity index (χ4n) is 1.22. The maximum atomic E-state index is 10.6. The first-order valence-corrected chi connectivity index (χ1v) is 5.22. The van der Waals surface area contributed by atoms with Gasteiger partial charge >= 0.3 is 5.97 Å². The fraction of sp³-hybridized carbons (Fsp3) is 0.444. The van der Waals surface area contributed by atoms with Crippen molar-refractivity contribution in [2.75, 3.05) is 7.05 Å². The maximum Gasteiger partial charge on any atom is 0.320 e. The van der Waals surface area contributed by atoms with Crippen molar-refractivity contribution in [3.63, 3.8) is 0 Å². The van der Waals surface area contributed by atoms with Gasteiger partial charge in [-0.2, -0.15) is 0 Å². The van der Waals surface area contributed by atoms with Crippen LogP contribution in [0.2, 0.25) is 0 Å². The van der Waals surface area contributed by atoms with Crippen LogP contribution in [0.1, 0.15) is 17.3 Å². The summed E-state index contributed by atoms with van der Waals surface area (Å²) < 4.78 is 0. The summed E-state index contributed by atoms with van der Waals surface area (Å²) in [6.45, 7) is 0. The Morgan fingerprint density at radius 2 is 2.50 bits per heavy atom. The molecule has 0 aromatic carbocycles. The van der Waals surface area contributed by atoms with E-state index < -0.39 is 12.0 Å². The minimum Gasteiger partial charge on any atom is -0.480 e. The van der Waals surface area contributed by atoms with Crippen LogP contribution in [0.25, 0.3) is 0 Å². The van der Waals surface area contributed by atoms with Gasteiger partial charge in [0.15, 0.2) is 0 Å². The van der Waals surface area contributed by atoms with Crippen molar-refractivity contribution in [2.45, 2.75) is 18.5 Å². The number of hydrogen-bond donors (Lipinski definition) is 3. The SMILES string of the molecule is CNC(CC(N)C(=O)O)c1cccs1. The lowest BCUT2D eigenvalue weighted by Crippen LogP contribution is -2.34. The fourth-order valence-corrected chi connectivity index (χ4v) is 2.07. The predicted octanol–water partition coefficient (Wildman–Crippen LogP) is 0.811. The summed E-state index contributed by atoms with van der Waals surface area (Å²) in [4.78, 5) is 11.7. The van der Waals surface area contributed by atoms with Crippen LogP contribution in [-0.2, 0) is 4.79 Å². The van der Waals surface area contributed by atoms with Crippen molar-refractivity contribution in [2.24, 2.45) is 5.73 Å². The summed E-state index contributed by atoms with van der Waals surface area (Å²) in [6.07, 6.45) is 0.409. The molecule has 0 spiro atoms. The molecule has 0 fully saturated rings. The average molecular weight is 214 g/mol. The van der Waals surface area contributed by atoms with Gasteiger partial charge in [-0.05, 0) is 24.9 Å². The van der Waals surface area contributed by atoms with E-state index in [0.29, 0.717) is 6.42 Å². The van der Waals surface area contributed by atoms with Crippen molar-refractivity contribution in [1.82, 2.24) is 5.32 Å². The number of aliphatic carboxylic acids is 1. The van der Waals surface area contributed by atoms with Crippen molar-refractivity contribution in [3.8, 4) is 0 Å². The highest BCUT2D eigenvalue weighted by molar-refractivity contribution is 7.10. The van der Waals surface area contributed by atoms with E-state index in [1.165, 1.54) is 0 Å². The largest absolute Gasteiger partial charge is 0.480 e. The molecule has 5 heteroatoms. The lowest BCUT2D eigenvalue weighted by molar-refractivity contribution is -0.138. The van der Waals surface area contributed by atoms with Crippen LogP contribution in [0.5, 0.6) is 0 Å². The number of nitrogens with two attached hydrogens (primary N) is 1. The molecular formula is C9H14N2O2S. The molecule has 1 aromatic rings. The first kappa shape index (κ1) is 11.2. The maximum absolute atomic E-state index is 10.6. The van der Waals surface area contributed by atoms with Crippen LogP contribution in [0.4, 0.5) is 0 Å². The molecule has 0 aliphatic heterocycles. The first-order valence-electron chi connectivity index (χ1n) is 4.34. The minimum atomic E-state index is -0.957. The van der Waals surface area contributed by atoms with E-state index in [-0.39, 0.29) is 6.04 Å². The van der Waals surface area contributed by atoms with E-state index in [1.54, 1.807) is 18.4 Å². The summed E-state index contributed by atoms with van der Waals surface area (Å²) in [6, 6.07) is 3.13. The Hall–Kier alpha value is -0.910. The van der Waals surface area contributed by atoms with Crippen LogP contribution in [0.3, 0.4) is 0 Å². The average Bonchev–Trinajstić information content (AvgIpc) is 2.66. The summed E-state index contributed by atoms with van der Waals surface area (Å²) in [7, 11) is 1.80. The number of rotatable bonds is 5. The molecule has 0 saturated carbocycles. The molecule has 2 atom stereocenters. The summed E-state index contributed by atoms with van der Waals surface area (Å²) in [5.74, 6) is -0.957. The number of nitrogens with one attached hydrogen (secondary N) is 1. The third-order valence-electron chi connectivity index (χ3n) is 2.04. The second-order valence-electron chi connectivity index (χ2n) is 3.04. The second-order valence-corrected chi connectivity index (χ2v) is 4.02. The number of carboxylic acids is 1. The standard InChI is InChI=1S/C9H14N2O2S/c1-11-7(5-6(10)9(12)13)8-3-2-4-14-8/h2-4,6-7,11H,5,10H2,1H3,(H,12,13). The highest BCUT2D eigenvalue weighted by Gasteiger charge is 2.19. The molecule has 0 radical (unpaired) electrons. The summed E-state index contributed by atoms with van der Waals surface area (Å²) in [5.41, 5.74) is 5.46. The van der Waals surface area contributed by atoms with Crippen molar-refractivity contribution < 1.29 is 9.90 Å². The zero-order valence-corrected chi connectivity index (χ0v) is 8.75. The van der Waals surface area contributed by atoms with Gasteiger partial charge in [0.2, 0.25) is 0 Å². The third-order valence-corrected chi connectivity index (χ3v) is 3.03. The topological polar surface area (TPSA) is 75.3 Å². The lowest BCUT2D eigenvalue weighted by atomic mass is 10.1. The van der Waals surface area contributed by atoms with Gasteiger partial charge in [0.25, 0.3) is 0 Å². The second kappa shape index (κ2) is 5.09. The minimum absolute atomic E-state index is 0.0288. The molecule has 1 aromatic heterocycles. The molecule has 0 aliphatic carbocycles. The van der Waals surface area contributed by atoms with E-state index in [0.717, 1.165) is 4.88 Å². The zero-order chi connectivity index (χ0) is 10.6. The Kier molecular flexibility index (Phi) is 4.06. The third kappa shape index (κ3) is 2.80. The molecule has 4 nitrogen and oxygen atoms in total. The van der Waals surface area contributed by atoms with Crippen LogP contribution in [0, 0.1) is 0 Å². The van der Waals surface area contributed by atoms with Gasteiger partial charge < -0.3 is 16.2 Å². The molecule has 2 unspecified atom stereocenters. The molecule has 0 bridgehead atoms. The van der Waals surface area contributed by atoms with Gasteiger partial charge in [-0.3, -0.25) is 4.79 Å². The van der Waals surface area contributed by atoms with Crippen LogP contribution >= 0.6 is 11.3 Å². The molecule has 0 aliphatic rings. The van der Waals surface area contributed by atoms with Gasteiger partial charge in [-0.1, -0.05) is 6.07 Å². The molecule has 1 heterocycles. The Balaban J connectivity index is 2.60. The number of hydrogen-bond acceptors (Lipinski definition) is 4. The quantitative estimate of drug-likeness (QED) is 0.678. The molecule has 0 saturated heterocycles. The summed E-state index contributed by atoms with van der Waals surface area (Å²) in [5, 5.41) is 13.7. The smallest absolute Gasteiger partial charge is 0.320 e. The van der Waals surface area contributed by atoms with Crippen molar-refractivity contribution in [3.05, 3.63) is 22.4 Å². The first-order chi connectivity index (χ1) is 6.65. The molecule has 14 heavy (non-hydrogen) atoms.